The lowest BCUT2D eigenvalue weighted by Crippen LogP contribution is -2.30. The molecule has 32 heavy (non-hydrogen) atoms. The molecule has 2 atom stereocenters. The SMILES string of the molecule is CCCCCCCCCC(CCCCCCOC1CCCCO1)NCCCCCCCC. The second-order valence-corrected chi connectivity index (χ2v) is 10.2. The molecular weight excluding hydrogens is 394 g/mol. The average Bonchev–Trinajstić information content (AvgIpc) is 2.82. The van der Waals surface area contributed by atoms with Gasteiger partial charge in [-0.05, 0) is 51.5 Å². The Morgan fingerprint density at radius 1 is 0.688 bits per heavy atom. The summed E-state index contributed by atoms with van der Waals surface area (Å²) < 4.78 is 11.5. The van der Waals surface area contributed by atoms with Gasteiger partial charge in [-0.1, -0.05) is 110 Å². The lowest BCUT2D eigenvalue weighted by Gasteiger charge is -2.22. The molecule has 0 aromatic heterocycles. The molecule has 0 amide bonds. The highest BCUT2D eigenvalue weighted by Gasteiger charge is 2.13. The van der Waals surface area contributed by atoms with Gasteiger partial charge in [-0.15, -0.1) is 0 Å². The molecule has 0 aromatic carbocycles. The Morgan fingerprint density at radius 2 is 1.25 bits per heavy atom. The Hall–Kier alpha value is -0.120. The van der Waals surface area contributed by atoms with Crippen LogP contribution in [0.1, 0.15) is 155 Å². The molecule has 0 saturated carbocycles. The number of hydrogen-bond donors (Lipinski definition) is 1. The summed E-state index contributed by atoms with van der Waals surface area (Å²) in [6, 6.07) is 0.744. The van der Waals surface area contributed by atoms with Crippen molar-refractivity contribution in [3.05, 3.63) is 0 Å². The number of hydrogen-bond acceptors (Lipinski definition) is 3. The van der Waals surface area contributed by atoms with Crippen molar-refractivity contribution in [2.24, 2.45) is 0 Å². The zero-order valence-corrected chi connectivity index (χ0v) is 22.1. The number of nitrogens with one attached hydrogen (secondary N) is 1. The molecule has 0 aromatic rings. The van der Waals surface area contributed by atoms with Gasteiger partial charge in [0.1, 0.15) is 0 Å². The van der Waals surface area contributed by atoms with E-state index in [1.54, 1.807) is 0 Å². The highest BCUT2D eigenvalue weighted by atomic mass is 16.7. The second kappa shape index (κ2) is 24.0. The van der Waals surface area contributed by atoms with E-state index < -0.39 is 0 Å². The van der Waals surface area contributed by atoms with E-state index in [9.17, 15) is 0 Å². The van der Waals surface area contributed by atoms with Crippen LogP contribution >= 0.6 is 0 Å². The smallest absolute Gasteiger partial charge is 0.157 e. The molecule has 0 bridgehead atoms. The molecule has 0 aliphatic carbocycles. The number of unbranched alkanes of at least 4 members (excludes halogenated alkanes) is 14. The number of ether oxygens (including phenoxy) is 2. The molecule has 3 heteroatoms. The third-order valence-corrected chi connectivity index (χ3v) is 7.01. The maximum absolute atomic E-state index is 5.88. The zero-order valence-electron chi connectivity index (χ0n) is 22.1. The van der Waals surface area contributed by atoms with Crippen molar-refractivity contribution in [2.45, 2.75) is 167 Å². The standard InChI is InChI=1S/C29H59NO2/c1-3-5-7-9-11-12-16-22-28(30-25-19-14-10-8-6-4-2)23-17-13-15-20-26-31-29-24-18-21-27-32-29/h28-30H,3-27H2,1-2H3. The quantitative estimate of drug-likeness (QED) is 0.148. The van der Waals surface area contributed by atoms with Crippen molar-refractivity contribution >= 4 is 0 Å². The predicted octanol–water partition coefficient (Wildman–Crippen LogP) is 8.94. The van der Waals surface area contributed by atoms with Crippen molar-refractivity contribution in [3.63, 3.8) is 0 Å². The first-order valence-electron chi connectivity index (χ1n) is 14.8. The van der Waals surface area contributed by atoms with Crippen LogP contribution in [0.25, 0.3) is 0 Å². The minimum absolute atomic E-state index is 0.0845. The van der Waals surface area contributed by atoms with Crippen molar-refractivity contribution in [3.8, 4) is 0 Å². The normalized spacial score (nSPS) is 17.6. The summed E-state index contributed by atoms with van der Waals surface area (Å²) in [7, 11) is 0. The highest BCUT2D eigenvalue weighted by molar-refractivity contribution is 4.68. The molecule has 1 rings (SSSR count). The van der Waals surface area contributed by atoms with E-state index in [0.717, 1.165) is 25.7 Å². The van der Waals surface area contributed by atoms with Crippen LogP contribution in [0.2, 0.25) is 0 Å². The first kappa shape index (κ1) is 29.9. The van der Waals surface area contributed by atoms with E-state index in [4.69, 9.17) is 9.47 Å². The molecule has 0 radical (unpaired) electrons. The van der Waals surface area contributed by atoms with E-state index >= 15 is 0 Å². The zero-order chi connectivity index (χ0) is 23.0. The largest absolute Gasteiger partial charge is 0.353 e. The molecule has 0 spiro atoms. The summed E-state index contributed by atoms with van der Waals surface area (Å²) in [4.78, 5) is 0. The molecule has 3 nitrogen and oxygen atoms in total. The second-order valence-electron chi connectivity index (χ2n) is 10.2. The van der Waals surface area contributed by atoms with Crippen LogP contribution in [0.4, 0.5) is 0 Å². The van der Waals surface area contributed by atoms with Gasteiger partial charge in [-0.25, -0.2) is 0 Å². The summed E-state index contributed by atoms with van der Waals surface area (Å²) in [5.41, 5.74) is 0. The van der Waals surface area contributed by atoms with Gasteiger partial charge in [0.15, 0.2) is 6.29 Å². The van der Waals surface area contributed by atoms with E-state index in [-0.39, 0.29) is 6.29 Å². The van der Waals surface area contributed by atoms with Crippen LogP contribution < -0.4 is 5.32 Å². The third kappa shape index (κ3) is 19.4. The molecule has 1 heterocycles. The van der Waals surface area contributed by atoms with Crippen molar-refractivity contribution in [1.82, 2.24) is 5.32 Å². The van der Waals surface area contributed by atoms with Crippen LogP contribution in [-0.2, 0) is 9.47 Å². The molecule has 192 valence electrons. The lowest BCUT2D eigenvalue weighted by molar-refractivity contribution is -0.162. The van der Waals surface area contributed by atoms with Gasteiger partial charge in [0.2, 0.25) is 0 Å². The monoisotopic (exact) mass is 453 g/mol. The van der Waals surface area contributed by atoms with E-state index in [2.05, 4.69) is 19.2 Å². The predicted molar refractivity (Wildman–Crippen MR) is 140 cm³/mol. The molecule has 1 saturated heterocycles. The lowest BCUT2D eigenvalue weighted by atomic mass is 10.00. The van der Waals surface area contributed by atoms with Gasteiger partial charge in [-0.3, -0.25) is 0 Å². The summed E-state index contributed by atoms with van der Waals surface area (Å²) in [6.07, 6.45) is 29.9. The highest BCUT2D eigenvalue weighted by Crippen LogP contribution is 2.16. The van der Waals surface area contributed by atoms with E-state index in [1.165, 1.54) is 141 Å². The fourth-order valence-electron chi connectivity index (χ4n) is 4.81. The summed E-state index contributed by atoms with van der Waals surface area (Å²) in [5, 5.41) is 3.93. The maximum atomic E-state index is 5.88. The Balaban J connectivity index is 2.07. The summed E-state index contributed by atoms with van der Waals surface area (Å²) in [6.45, 7) is 7.59. The van der Waals surface area contributed by atoms with Crippen molar-refractivity contribution in [1.29, 1.82) is 0 Å². The average molecular weight is 454 g/mol. The molecular formula is C29H59NO2. The molecule has 1 aliphatic rings. The molecule has 1 aliphatic heterocycles. The first-order chi connectivity index (χ1) is 15.9. The fraction of sp³-hybridized carbons (Fsp3) is 1.00. The van der Waals surface area contributed by atoms with Gasteiger partial charge in [-0.2, -0.15) is 0 Å². The molecule has 2 unspecified atom stereocenters. The van der Waals surface area contributed by atoms with Crippen LogP contribution in [0.3, 0.4) is 0 Å². The van der Waals surface area contributed by atoms with Crippen LogP contribution in [-0.4, -0.2) is 32.1 Å². The van der Waals surface area contributed by atoms with E-state index in [1.807, 2.05) is 0 Å². The Kier molecular flexibility index (Phi) is 22.5. The van der Waals surface area contributed by atoms with Crippen molar-refractivity contribution < 1.29 is 9.47 Å². The summed E-state index contributed by atoms with van der Waals surface area (Å²) >= 11 is 0. The summed E-state index contributed by atoms with van der Waals surface area (Å²) in [5.74, 6) is 0. The van der Waals surface area contributed by atoms with Crippen LogP contribution in [0, 0.1) is 0 Å². The van der Waals surface area contributed by atoms with Gasteiger partial charge in [0, 0.05) is 19.3 Å². The minimum Gasteiger partial charge on any atom is -0.353 e. The van der Waals surface area contributed by atoms with Gasteiger partial charge in [0.05, 0.1) is 0 Å². The fourth-order valence-corrected chi connectivity index (χ4v) is 4.81. The molecule has 1 fully saturated rings. The van der Waals surface area contributed by atoms with E-state index in [0.29, 0.717) is 0 Å². The van der Waals surface area contributed by atoms with Crippen LogP contribution in [0.15, 0.2) is 0 Å². The maximum Gasteiger partial charge on any atom is 0.157 e. The Morgan fingerprint density at radius 3 is 1.84 bits per heavy atom. The van der Waals surface area contributed by atoms with Gasteiger partial charge in [0.25, 0.3) is 0 Å². The first-order valence-corrected chi connectivity index (χ1v) is 14.8. The third-order valence-electron chi connectivity index (χ3n) is 7.01. The molecule has 1 N–H and O–H groups in total. The minimum atomic E-state index is 0.0845. The van der Waals surface area contributed by atoms with Crippen LogP contribution in [0.5, 0.6) is 0 Å². The Labute approximate surface area is 202 Å². The number of rotatable bonds is 24. The van der Waals surface area contributed by atoms with Crippen molar-refractivity contribution in [2.75, 3.05) is 19.8 Å². The van der Waals surface area contributed by atoms with Gasteiger partial charge < -0.3 is 14.8 Å². The Bertz CT molecular complexity index is 339. The topological polar surface area (TPSA) is 30.5 Å². The van der Waals surface area contributed by atoms with Gasteiger partial charge >= 0.3 is 0 Å².